The first-order chi connectivity index (χ1) is 25.3. The minimum Gasteiger partial charge on any atom is -0.275 e. The summed E-state index contributed by atoms with van der Waals surface area (Å²) in [5.74, 6) is 1.58. The van der Waals surface area contributed by atoms with E-state index in [1.807, 2.05) is 36.4 Å². The molecular weight excluding hydrogens is 621 g/mol. The molecule has 0 atom stereocenters. The summed E-state index contributed by atoms with van der Waals surface area (Å²) in [4.78, 5) is 5.61. The maximum Gasteiger partial charge on any atom is 0.168 e. The molecule has 4 nitrogen and oxygen atoms in total. The van der Waals surface area contributed by atoms with Crippen LogP contribution in [0.4, 0.5) is 0 Å². The van der Waals surface area contributed by atoms with Gasteiger partial charge in [-0.05, 0) is 39.6 Å². The smallest absolute Gasteiger partial charge is 0.168 e. The first-order valence-corrected chi connectivity index (χ1v) is 17.2. The van der Waals surface area contributed by atoms with Crippen molar-refractivity contribution in [3.63, 3.8) is 0 Å². The molecule has 51 heavy (non-hydrogen) atoms. The van der Waals surface area contributed by atoms with Gasteiger partial charge in [0.05, 0.1) is 11.4 Å². The number of nitrogens with zero attached hydrogens (tertiary/aromatic N) is 4. The number of benzene rings is 7. The third kappa shape index (κ3) is 4.72. The third-order valence-electron chi connectivity index (χ3n) is 9.88. The second-order valence-corrected chi connectivity index (χ2v) is 12.8. The van der Waals surface area contributed by atoms with E-state index in [1.54, 1.807) is 0 Å². The van der Waals surface area contributed by atoms with E-state index in [2.05, 4.69) is 150 Å². The molecule has 0 saturated heterocycles. The SMILES string of the molecule is c1ccc(-c2nc(-c3ccc(-c4nnc(-c5ccccc5)n4-c4ccccc4)cc3)c(-c3ccccc3)c3c2-c2cccc4cccc-3c24)cc1. The van der Waals surface area contributed by atoms with Crippen molar-refractivity contribution in [3.8, 4) is 84.4 Å². The predicted molar refractivity (Wildman–Crippen MR) is 208 cm³/mol. The molecule has 2 aromatic heterocycles. The average molecular weight is 651 g/mol. The Morgan fingerprint density at radius 2 is 0.784 bits per heavy atom. The lowest BCUT2D eigenvalue weighted by Gasteiger charge is -2.20. The number of aromatic nitrogens is 4. The molecule has 1 aliphatic rings. The fourth-order valence-electron chi connectivity index (χ4n) is 7.62. The van der Waals surface area contributed by atoms with Crippen LogP contribution in [0.5, 0.6) is 0 Å². The van der Waals surface area contributed by atoms with E-state index in [1.165, 1.54) is 33.0 Å². The van der Waals surface area contributed by atoms with Crippen molar-refractivity contribution >= 4 is 10.8 Å². The zero-order chi connectivity index (χ0) is 33.7. The topological polar surface area (TPSA) is 43.6 Å². The van der Waals surface area contributed by atoms with E-state index < -0.39 is 0 Å². The molecule has 0 N–H and O–H groups in total. The Labute approximate surface area is 296 Å². The molecule has 0 fully saturated rings. The van der Waals surface area contributed by atoms with E-state index in [9.17, 15) is 0 Å². The van der Waals surface area contributed by atoms with E-state index in [-0.39, 0.29) is 0 Å². The van der Waals surface area contributed by atoms with Crippen LogP contribution in [0.15, 0.2) is 182 Å². The maximum absolute atomic E-state index is 5.61. The third-order valence-corrected chi connectivity index (χ3v) is 9.88. The molecule has 0 saturated carbocycles. The highest BCUT2D eigenvalue weighted by Crippen LogP contribution is 2.56. The van der Waals surface area contributed by atoms with Crippen LogP contribution in [-0.2, 0) is 0 Å². The van der Waals surface area contributed by atoms with E-state index in [0.29, 0.717) is 0 Å². The van der Waals surface area contributed by atoms with Gasteiger partial charge in [-0.1, -0.05) is 170 Å². The summed E-state index contributed by atoms with van der Waals surface area (Å²) in [7, 11) is 0. The zero-order valence-corrected chi connectivity index (χ0v) is 27.6. The molecule has 7 aromatic carbocycles. The van der Waals surface area contributed by atoms with Crippen LogP contribution in [0.2, 0.25) is 0 Å². The quantitative estimate of drug-likeness (QED) is 0.180. The van der Waals surface area contributed by atoms with Gasteiger partial charge >= 0.3 is 0 Å². The highest BCUT2D eigenvalue weighted by atomic mass is 15.3. The Kier molecular flexibility index (Phi) is 6.78. The van der Waals surface area contributed by atoms with Crippen molar-refractivity contribution in [2.24, 2.45) is 0 Å². The normalized spacial score (nSPS) is 11.5. The number of para-hydroxylation sites is 1. The Bertz CT molecular complexity index is 2690. The van der Waals surface area contributed by atoms with Gasteiger partial charge in [0.2, 0.25) is 0 Å². The fraction of sp³-hybridized carbons (Fsp3) is 0. The van der Waals surface area contributed by atoms with Gasteiger partial charge in [-0.2, -0.15) is 0 Å². The summed E-state index contributed by atoms with van der Waals surface area (Å²) in [5, 5.41) is 12.0. The maximum atomic E-state index is 5.61. The Morgan fingerprint density at radius 1 is 0.333 bits per heavy atom. The van der Waals surface area contributed by atoms with E-state index in [0.717, 1.165) is 62.1 Å². The highest BCUT2D eigenvalue weighted by molar-refractivity contribution is 6.21. The largest absolute Gasteiger partial charge is 0.275 e. The predicted octanol–water partition coefficient (Wildman–Crippen LogP) is 11.8. The summed E-state index contributed by atoms with van der Waals surface area (Å²) >= 11 is 0. The molecule has 9 aromatic rings. The van der Waals surface area contributed by atoms with Crippen LogP contribution < -0.4 is 0 Å². The van der Waals surface area contributed by atoms with Gasteiger partial charge in [-0.15, -0.1) is 10.2 Å². The molecule has 10 rings (SSSR count). The van der Waals surface area contributed by atoms with Crippen LogP contribution in [-0.4, -0.2) is 19.7 Å². The summed E-state index contributed by atoms with van der Waals surface area (Å²) < 4.78 is 2.14. The monoisotopic (exact) mass is 650 g/mol. The van der Waals surface area contributed by atoms with Gasteiger partial charge in [-0.25, -0.2) is 4.98 Å². The highest BCUT2D eigenvalue weighted by Gasteiger charge is 2.31. The second kappa shape index (κ2) is 11.9. The minimum absolute atomic E-state index is 0.781. The van der Waals surface area contributed by atoms with Gasteiger partial charge in [0.15, 0.2) is 11.6 Å². The molecular formula is C47H30N4. The van der Waals surface area contributed by atoms with Gasteiger partial charge in [-0.3, -0.25) is 4.57 Å². The lowest BCUT2D eigenvalue weighted by Crippen LogP contribution is -2.00. The Balaban J connectivity index is 1.21. The molecule has 0 aliphatic heterocycles. The van der Waals surface area contributed by atoms with Crippen LogP contribution >= 0.6 is 0 Å². The van der Waals surface area contributed by atoms with Crippen LogP contribution in [0, 0.1) is 0 Å². The Morgan fingerprint density at radius 3 is 1.39 bits per heavy atom. The van der Waals surface area contributed by atoms with Crippen LogP contribution in [0.25, 0.3) is 95.1 Å². The van der Waals surface area contributed by atoms with Crippen molar-refractivity contribution in [1.82, 2.24) is 19.7 Å². The standard InChI is InChI=1S/C47H30N4/c1-5-15-32(16-6-1)41-42-38-25-13-21-31-22-14-26-39(40(31)38)43(42)45(33-17-7-2-8-18-33)48-44(41)34-27-29-36(30-28-34)47-50-49-46(35-19-9-3-10-20-35)51(47)37-23-11-4-12-24-37/h1-30H. The zero-order valence-electron chi connectivity index (χ0n) is 27.6. The van der Waals surface area contributed by atoms with E-state index in [4.69, 9.17) is 15.2 Å². The molecule has 0 unspecified atom stereocenters. The summed E-state index contributed by atoms with van der Waals surface area (Å²) in [6, 6.07) is 63.8. The van der Waals surface area contributed by atoms with Gasteiger partial charge in [0, 0.05) is 44.6 Å². The summed E-state index contributed by atoms with van der Waals surface area (Å²) in [6.07, 6.45) is 0. The lowest BCUT2D eigenvalue weighted by atomic mass is 9.87. The van der Waals surface area contributed by atoms with Crippen molar-refractivity contribution in [2.75, 3.05) is 0 Å². The second-order valence-electron chi connectivity index (χ2n) is 12.8. The first-order valence-electron chi connectivity index (χ1n) is 17.2. The van der Waals surface area contributed by atoms with Crippen molar-refractivity contribution in [1.29, 1.82) is 0 Å². The molecule has 238 valence electrons. The first kappa shape index (κ1) is 29.0. The van der Waals surface area contributed by atoms with Crippen molar-refractivity contribution in [2.45, 2.75) is 0 Å². The average Bonchev–Trinajstić information content (AvgIpc) is 3.81. The minimum atomic E-state index is 0.781. The van der Waals surface area contributed by atoms with E-state index >= 15 is 0 Å². The van der Waals surface area contributed by atoms with Crippen molar-refractivity contribution in [3.05, 3.63) is 182 Å². The number of pyridine rings is 1. The van der Waals surface area contributed by atoms with Gasteiger partial charge in [0.25, 0.3) is 0 Å². The Hall–Kier alpha value is -6.91. The number of rotatable bonds is 6. The summed E-state index contributed by atoms with van der Waals surface area (Å²) in [6.45, 7) is 0. The molecule has 0 amide bonds. The molecule has 1 aliphatic carbocycles. The fourth-order valence-corrected chi connectivity index (χ4v) is 7.62. The molecule has 4 heteroatoms. The number of hydrogen-bond acceptors (Lipinski definition) is 3. The van der Waals surface area contributed by atoms with Gasteiger partial charge in [0.1, 0.15) is 0 Å². The molecule has 0 spiro atoms. The molecule has 2 heterocycles. The van der Waals surface area contributed by atoms with Crippen LogP contribution in [0.3, 0.4) is 0 Å². The molecule has 0 radical (unpaired) electrons. The van der Waals surface area contributed by atoms with Gasteiger partial charge < -0.3 is 0 Å². The number of fused-ring (bicyclic) bond motifs is 3. The number of hydrogen-bond donors (Lipinski definition) is 0. The van der Waals surface area contributed by atoms with Crippen LogP contribution in [0.1, 0.15) is 0 Å². The summed E-state index contributed by atoms with van der Waals surface area (Å²) in [5.41, 5.74) is 14.3. The molecule has 0 bridgehead atoms. The van der Waals surface area contributed by atoms with Crippen molar-refractivity contribution < 1.29 is 0 Å². The lowest BCUT2D eigenvalue weighted by molar-refractivity contribution is 1.07.